The standard InChI is InChI=1S/C14H23NO4/c1-19-10-11(9-16)15-12(17)7-14(8-13(15)18)5-3-2-4-6-14/h11,16H,2-10H2,1H3. The number of nitrogens with zero attached hydrogens (tertiary/aromatic N) is 1. The Morgan fingerprint density at radius 2 is 1.79 bits per heavy atom. The van der Waals surface area contributed by atoms with Crippen LogP contribution >= 0.6 is 0 Å². The molecular formula is C14H23NO4. The van der Waals surface area contributed by atoms with Crippen molar-refractivity contribution in [3.63, 3.8) is 0 Å². The van der Waals surface area contributed by atoms with Crippen LogP contribution in [0.5, 0.6) is 0 Å². The number of methoxy groups -OCH3 is 1. The zero-order valence-corrected chi connectivity index (χ0v) is 11.6. The summed E-state index contributed by atoms with van der Waals surface area (Å²) in [5.74, 6) is -0.288. The monoisotopic (exact) mass is 269 g/mol. The van der Waals surface area contributed by atoms with Crippen LogP contribution in [-0.4, -0.2) is 48.2 Å². The van der Waals surface area contributed by atoms with E-state index in [2.05, 4.69) is 0 Å². The number of rotatable bonds is 4. The summed E-state index contributed by atoms with van der Waals surface area (Å²) in [4.78, 5) is 25.8. The highest BCUT2D eigenvalue weighted by Gasteiger charge is 2.45. The number of ether oxygens (including phenoxy) is 1. The van der Waals surface area contributed by atoms with Crippen LogP contribution in [0, 0.1) is 5.41 Å². The number of likely N-dealkylation sites (tertiary alicyclic amines) is 1. The topological polar surface area (TPSA) is 66.8 Å². The minimum atomic E-state index is -0.536. The van der Waals surface area contributed by atoms with Gasteiger partial charge in [-0.3, -0.25) is 14.5 Å². The molecule has 0 radical (unpaired) electrons. The Morgan fingerprint density at radius 3 is 2.26 bits per heavy atom. The van der Waals surface area contributed by atoms with E-state index in [0.717, 1.165) is 25.7 Å². The van der Waals surface area contributed by atoms with E-state index in [1.165, 1.54) is 18.4 Å². The number of aliphatic hydroxyl groups excluding tert-OH is 1. The van der Waals surface area contributed by atoms with Gasteiger partial charge >= 0.3 is 0 Å². The fourth-order valence-corrected chi connectivity index (χ4v) is 3.48. The predicted molar refractivity (Wildman–Crippen MR) is 69.4 cm³/mol. The van der Waals surface area contributed by atoms with Gasteiger partial charge in [-0.1, -0.05) is 19.3 Å². The Morgan fingerprint density at radius 1 is 1.21 bits per heavy atom. The predicted octanol–water partition coefficient (Wildman–Crippen LogP) is 1.09. The van der Waals surface area contributed by atoms with Crippen molar-refractivity contribution >= 4 is 11.8 Å². The Bertz CT molecular complexity index is 329. The minimum absolute atomic E-state index is 0.101. The van der Waals surface area contributed by atoms with Crippen molar-refractivity contribution in [2.75, 3.05) is 20.3 Å². The summed E-state index contributed by atoms with van der Waals surface area (Å²) in [5.41, 5.74) is -0.101. The highest BCUT2D eigenvalue weighted by Crippen LogP contribution is 2.45. The average Bonchev–Trinajstić information content (AvgIpc) is 2.37. The second-order valence-electron chi connectivity index (χ2n) is 5.86. The van der Waals surface area contributed by atoms with Crippen LogP contribution in [0.1, 0.15) is 44.9 Å². The number of piperidine rings is 1. The van der Waals surface area contributed by atoms with E-state index in [1.54, 1.807) is 0 Å². The Kier molecular flexibility index (Phi) is 4.58. The molecule has 2 fully saturated rings. The van der Waals surface area contributed by atoms with Crippen LogP contribution in [0.2, 0.25) is 0 Å². The lowest BCUT2D eigenvalue weighted by atomic mass is 9.67. The molecule has 5 nitrogen and oxygen atoms in total. The maximum absolute atomic E-state index is 12.3. The largest absolute Gasteiger partial charge is 0.394 e. The van der Waals surface area contributed by atoms with E-state index >= 15 is 0 Å². The Balaban J connectivity index is 2.10. The van der Waals surface area contributed by atoms with Crippen molar-refractivity contribution in [2.24, 2.45) is 5.41 Å². The average molecular weight is 269 g/mol. The maximum Gasteiger partial charge on any atom is 0.230 e. The lowest BCUT2D eigenvalue weighted by molar-refractivity contribution is -0.160. The summed E-state index contributed by atoms with van der Waals surface area (Å²) in [5, 5.41) is 9.32. The van der Waals surface area contributed by atoms with Gasteiger partial charge in [-0.15, -0.1) is 0 Å². The molecule has 1 aliphatic heterocycles. The van der Waals surface area contributed by atoms with Gasteiger partial charge in [-0.05, 0) is 18.3 Å². The van der Waals surface area contributed by atoms with Crippen molar-refractivity contribution < 1.29 is 19.4 Å². The van der Waals surface area contributed by atoms with Crippen molar-refractivity contribution in [3.05, 3.63) is 0 Å². The molecule has 2 rings (SSSR count). The molecule has 5 heteroatoms. The highest BCUT2D eigenvalue weighted by atomic mass is 16.5. The molecule has 2 aliphatic rings. The summed E-state index contributed by atoms with van der Waals surface area (Å²) in [6.45, 7) is -0.0424. The summed E-state index contributed by atoms with van der Waals surface area (Å²) in [7, 11) is 1.50. The first-order valence-corrected chi connectivity index (χ1v) is 7.06. The molecule has 1 saturated heterocycles. The van der Waals surface area contributed by atoms with Gasteiger partial charge in [0.2, 0.25) is 11.8 Å². The molecule has 1 unspecified atom stereocenters. The van der Waals surface area contributed by atoms with Gasteiger partial charge in [0.15, 0.2) is 0 Å². The SMILES string of the molecule is COCC(CO)N1C(=O)CC2(CCCCC2)CC1=O. The minimum Gasteiger partial charge on any atom is -0.394 e. The maximum atomic E-state index is 12.3. The van der Waals surface area contributed by atoms with Gasteiger partial charge in [-0.2, -0.15) is 0 Å². The summed E-state index contributed by atoms with van der Waals surface area (Å²) in [6, 6.07) is -0.536. The molecule has 0 aromatic carbocycles. The third-order valence-electron chi connectivity index (χ3n) is 4.44. The van der Waals surface area contributed by atoms with Crippen LogP contribution in [0.4, 0.5) is 0 Å². The van der Waals surface area contributed by atoms with E-state index in [1.807, 2.05) is 0 Å². The lowest BCUT2D eigenvalue weighted by Crippen LogP contribution is -2.55. The lowest BCUT2D eigenvalue weighted by Gasteiger charge is -2.44. The molecule has 19 heavy (non-hydrogen) atoms. The molecule has 2 amide bonds. The van der Waals surface area contributed by atoms with Gasteiger partial charge in [0.05, 0.1) is 19.3 Å². The molecule has 1 heterocycles. The fourth-order valence-electron chi connectivity index (χ4n) is 3.48. The van der Waals surface area contributed by atoms with Gasteiger partial charge in [0.25, 0.3) is 0 Å². The van der Waals surface area contributed by atoms with Crippen LogP contribution in [0.15, 0.2) is 0 Å². The van der Waals surface area contributed by atoms with Crippen molar-refractivity contribution in [1.82, 2.24) is 4.90 Å². The third kappa shape index (κ3) is 2.98. The van der Waals surface area contributed by atoms with E-state index in [0.29, 0.717) is 12.8 Å². The van der Waals surface area contributed by atoms with Crippen molar-refractivity contribution in [2.45, 2.75) is 51.0 Å². The first-order valence-electron chi connectivity index (χ1n) is 7.06. The molecule has 1 saturated carbocycles. The second-order valence-corrected chi connectivity index (χ2v) is 5.86. The molecule has 1 N–H and O–H groups in total. The molecule has 1 spiro atoms. The number of amides is 2. The smallest absolute Gasteiger partial charge is 0.230 e. The molecule has 0 aromatic heterocycles. The fraction of sp³-hybridized carbons (Fsp3) is 0.857. The van der Waals surface area contributed by atoms with Gasteiger partial charge in [0.1, 0.15) is 0 Å². The van der Waals surface area contributed by atoms with Gasteiger partial charge < -0.3 is 9.84 Å². The molecular weight excluding hydrogens is 246 g/mol. The number of aliphatic hydroxyl groups is 1. The first kappa shape index (κ1) is 14.5. The number of carbonyl (C=O) groups is 2. The van der Waals surface area contributed by atoms with Crippen LogP contribution in [-0.2, 0) is 14.3 Å². The zero-order valence-electron chi connectivity index (χ0n) is 11.6. The molecule has 0 bridgehead atoms. The summed E-state index contributed by atoms with van der Waals surface area (Å²) >= 11 is 0. The van der Waals surface area contributed by atoms with E-state index in [9.17, 15) is 14.7 Å². The number of carbonyl (C=O) groups excluding carboxylic acids is 2. The van der Waals surface area contributed by atoms with Crippen LogP contribution in [0.3, 0.4) is 0 Å². The summed E-state index contributed by atoms with van der Waals surface area (Å²) < 4.78 is 4.98. The third-order valence-corrected chi connectivity index (χ3v) is 4.44. The Labute approximate surface area is 113 Å². The second kappa shape index (κ2) is 6.01. The number of hydrogen-bond acceptors (Lipinski definition) is 4. The summed E-state index contributed by atoms with van der Waals surface area (Å²) in [6.07, 6.45) is 6.28. The molecule has 1 atom stereocenters. The van der Waals surface area contributed by atoms with Crippen molar-refractivity contribution in [1.29, 1.82) is 0 Å². The van der Waals surface area contributed by atoms with E-state index in [4.69, 9.17) is 4.74 Å². The Hall–Kier alpha value is -0.940. The normalized spacial score (nSPS) is 24.8. The van der Waals surface area contributed by atoms with Gasteiger partial charge in [0, 0.05) is 20.0 Å². The van der Waals surface area contributed by atoms with E-state index in [-0.39, 0.29) is 30.4 Å². The zero-order chi connectivity index (χ0) is 13.9. The molecule has 0 aromatic rings. The van der Waals surface area contributed by atoms with Crippen LogP contribution < -0.4 is 0 Å². The van der Waals surface area contributed by atoms with Crippen molar-refractivity contribution in [3.8, 4) is 0 Å². The highest BCUT2D eigenvalue weighted by molar-refractivity contribution is 5.99. The first-order chi connectivity index (χ1) is 9.12. The van der Waals surface area contributed by atoms with E-state index < -0.39 is 6.04 Å². The quantitative estimate of drug-likeness (QED) is 0.776. The number of hydrogen-bond donors (Lipinski definition) is 1. The molecule has 1 aliphatic carbocycles. The molecule has 108 valence electrons. The number of imide groups is 1. The van der Waals surface area contributed by atoms with Crippen LogP contribution in [0.25, 0.3) is 0 Å². The van der Waals surface area contributed by atoms with Gasteiger partial charge in [-0.25, -0.2) is 0 Å².